The fourth-order valence-electron chi connectivity index (χ4n) is 3.09. The Balaban J connectivity index is 1.47. The molecule has 2 heterocycles. The number of aromatic nitrogens is 1. The van der Waals surface area contributed by atoms with E-state index in [4.69, 9.17) is 0 Å². The molecule has 9 heteroatoms. The van der Waals surface area contributed by atoms with E-state index < -0.39 is 6.61 Å². The van der Waals surface area contributed by atoms with Crippen LogP contribution in [-0.4, -0.2) is 36.6 Å². The number of nitrogens with one attached hydrogen (secondary N) is 1. The first-order chi connectivity index (χ1) is 13.0. The van der Waals surface area contributed by atoms with E-state index in [1.807, 2.05) is 5.38 Å². The van der Waals surface area contributed by atoms with Gasteiger partial charge >= 0.3 is 6.61 Å². The lowest BCUT2D eigenvalue weighted by Crippen LogP contribution is -2.44. The smallest absolute Gasteiger partial charge is 0.387 e. The summed E-state index contributed by atoms with van der Waals surface area (Å²) in [6.45, 7) is -1.17. The van der Waals surface area contributed by atoms with Crippen molar-refractivity contribution in [2.45, 2.75) is 38.3 Å². The summed E-state index contributed by atoms with van der Waals surface area (Å²) in [5.41, 5.74) is 0.582. The van der Waals surface area contributed by atoms with E-state index in [9.17, 15) is 13.6 Å². The van der Waals surface area contributed by atoms with Crippen LogP contribution in [0.5, 0.6) is 5.75 Å². The molecule has 1 aromatic carbocycles. The van der Waals surface area contributed by atoms with Gasteiger partial charge in [-0.2, -0.15) is 8.78 Å². The van der Waals surface area contributed by atoms with Crippen LogP contribution in [0, 0.1) is 0 Å². The zero-order chi connectivity index (χ0) is 19.2. The fraction of sp³-hybridized carbons (Fsp3) is 0.444. The Morgan fingerprint density at radius 3 is 2.85 bits per heavy atom. The molecule has 3 rings (SSSR count). The number of thiazole rings is 1. The summed E-state index contributed by atoms with van der Waals surface area (Å²) in [5.74, 6) is 0.0310. The largest absolute Gasteiger partial charge is 0.435 e. The number of amides is 1. The third-order valence-corrected chi connectivity index (χ3v) is 5.74. The molecule has 1 amide bonds. The number of rotatable bonds is 7. The second kappa shape index (κ2) is 9.45. The highest BCUT2D eigenvalue weighted by molar-refractivity contribution is 9.10. The number of hydrogen-bond donors (Lipinski definition) is 1. The van der Waals surface area contributed by atoms with Crippen molar-refractivity contribution in [3.63, 3.8) is 0 Å². The molecule has 5 nitrogen and oxygen atoms in total. The number of nitrogens with zero attached hydrogens (tertiary/aromatic N) is 2. The molecular weight excluding hydrogens is 440 g/mol. The molecule has 0 spiro atoms. The Morgan fingerprint density at radius 2 is 2.19 bits per heavy atom. The van der Waals surface area contributed by atoms with Crippen molar-refractivity contribution in [1.29, 1.82) is 0 Å². The third-order valence-electron chi connectivity index (χ3n) is 4.41. The van der Waals surface area contributed by atoms with Crippen molar-refractivity contribution in [3.8, 4) is 5.75 Å². The van der Waals surface area contributed by atoms with Crippen LogP contribution in [-0.2, 0) is 11.2 Å². The van der Waals surface area contributed by atoms with E-state index in [0.29, 0.717) is 12.0 Å². The number of benzene rings is 1. The van der Waals surface area contributed by atoms with Gasteiger partial charge in [0.1, 0.15) is 5.75 Å². The number of carbonyl (C=O) groups excluding carboxylic acids is 1. The Labute approximate surface area is 168 Å². The van der Waals surface area contributed by atoms with Crippen LogP contribution < -0.4 is 15.0 Å². The predicted molar refractivity (Wildman–Crippen MR) is 105 cm³/mol. The number of aryl methyl sites for hydroxylation is 1. The Morgan fingerprint density at radius 1 is 1.41 bits per heavy atom. The zero-order valence-corrected chi connectivity index (χ0v) is 16.9. The summed E-state index contributed by atoms with van der Waals surface area (Å²) in [4.78, 5) is 18.8. The van der Waals surface area contributed by atoms with Crippen LogP contribution in [0.1, 0.15) is 24.8 Å². The molecule has 2 aromatic rings. The minimum absolute atomic E-state index is 0.0781. The number of alkyl halides is 2. The van der Waals surface area contributed by atoms with Crippen molar-refractivity contribution in [2.24, 2.45) is 0 Å². The first kappa shape index (κ1) is 20.0. The van der Waals surface area contributed by atoms with E-state index in [-0.39, 0.29) is 24.1 Å². The topological polar surface area (TPSA) is 54.5 Å². The van der Waals surface area contributed by atoms with Gasteiger partial charge in [0, 0.05) is 41.6 Å². The van der Waals surface area contributed by atoms with Gasteiger partial charge in [0.05, 0.1) is 0 Å². The van der Waals surface area contributed by atoms with Gasteiger partial charge in [0.25, 0.3) is 0 Å². The van der Waals surface area contributed by atoms with Gasteiger partial charge in [-0.05, 0) is 43.0 Å². The van der Waals surface area contributed by atoms with E-state index in [1.165, 1.54) is 6.07 Å². The molecule has 146 valence electrons. The minimum Gasteiger partial charge on any atom is -0.435 e. The van der Waals surface area contributed by atoms with Crippen molar-refractivity contribution in [3.05, 3.63) is 39.8 Å². The lowest BCUT2D eigenvalue weighted by atomic mass is 10.0. The summed E-state index contributed by atoms with van der Waals surface area (Å²) in [5, 5.41) is 6.02. The van der Waals surface area contributed by atoms with Crippen LogP contribution in [0.4, 0.5) is 13.9 Å². The van der Waals surface area contributed by atoms with Gasteiger partial charge < -0.3 is 15.0 Å². The monoisotopic (exact) mass is 459 g/mol. The molecule has 0 atom stereocenters. The molecule has 1 N–H and O–H groups in total. The molecule has 0 aliphatic carbocycles. The van der Waals surface area contributed by atoms with Gasteiger partial charge in [-0.25, -0.2) is 4.98 Å². The van der Waals surface area contributed by atoms with Crippen LogP contribution in [0.2, 0.25) is 0 Å². The predicted octanol–water partition coefficient (Wildman–Crippen LogP) is 4.22. The third kappa shape index (κ3) is 5.87. The molecule has 1 saturated heterocycles. The number of carbonyl (C=O) groups is 1. The maximum absolute atomic E-state index is 12.5. The van der Waals surface area contributed by atoms with Crippen molar-refractivity contribution in [1.82, 2.24) is 10.3 Å². The summed E-state index contributed by atoms with van der Waals surface area (Å²) < 4.78 is 30.3. The number of halogens is 3. The highest BCUT2D eigenvalue weighted by Crippen LogP contribution is 2.26. The van der Waals surface area contributed by atoms with Crippen molar-refractivity contribution < 1.29 is 18.3 Å². The molecular formula is C18H20BrF2N3O2S. The quantitative estimate of drug-likeness (QED) is 0.673. The van der Waals surface area contributed by atoms with Crippen LogP contribution in [0.25, 0.3) is 0 Å². The normalized spacial score (nSPS) is 15.2. The second-order valence-electron chi connectivity index (χ2n) is 6.27. The number of piperidine rings is 1. The number of anilines is 1. The molecule has 1 aromatic heterocycles. The second-order valence-corrected chi connectivity index (χ2v) is 8.06. The maximum atomic E-state index is 12.5. The standard InChI is InChI=1S/C18H20BrF2N3O2S/c19-13-2-3-15(26-17(20)21)12(11-13)1-4-16(25)23-14-5-8-24(9-6-14)18-22-7-10-27-18/h2-3,7,10-11,14,17H,1,4-6,8-9H2,(H,23,25). The van der Waals surface area contributed by atoms with Crippen LogP contribution in [0.15, 0.2) is 34.2 Å². The Bertz CT molecular complexity index is 753. The van der Waals surface area contributed by atoms with E-state index in [0.717, 1.165) is 35.5 Å². The summed E-state index contributed by atoms with van der Waals surface area (Å²) >= 11 is 4.93. The van der Waals surface area contributed by atoms with E-state index in [2.05, 4.69) is 35.9 Å². The van der Waals surface area contributed by atoms with Gasteiger partial charge in [-0.1, -0.05) is 15.9 Å². The molecule has 1 aliphatic rings. The molecule has 0 saturated carbocycles. The number of ether oxygens (including phenoxy) is 1. The Kier molecular flexibility index (Phi) is 7.01. The van der Waals surface area contributed by atoms with Gasteiger partial charge in [0.15, 0.2) is 5.13 Å². The highest BCUT2D eigenvalue weighted by atomic mass is 79.9. The first-order valence-electron chi connectivity index (χ1n) is 8.68. The van der Waals surface area contributed by atoms with Gasteiger partial charge in [-0.3, -0.25) is 4.79 Å². The summed E-state index contributed by atoms with van der Waals surface area (Å²) in [7, 11) is 0. The van der Waals surface area contributed by atoms with Crippen molar-refractivity contribution in [2.75, 3.05) is 18.0 Å². The molecule has 0 radical (unpaired) electrons. The lowest BCUT2D eigenvalue weighted by Gasteiger charge is -2.32. The summed E-state index contributed by atoms with van der Waals surface area (Å²) in [6, 6.07) is 4.96. The zero-order valence-electron chi connectivity index (χ0n) is 14.5. The SMILES string of the molecule is O=C(CCc1cc(Br)ccc1OC(F)F)NC1CCN(c2nccs2)CC1. The highest BCUT2D eigenvalue weighted by Gasteiger charge is 2.22. The molecule has 1 fully saturated rings. The van der Waals surface area contributed by atoms with Gasteiger partial charge in [0.2, 0.25) is 5.91 Å². The Hall–Kier alpha value is -1.74. The number of hydrogen-bond acceptors (Lipinski definition) is 5. The molecule has 1 aliphatic heterocycles. The minimum atomic E-state index is -2.89. The molecule has 0 unspecified atom stereocenters. The fourth-order valence-corrected chi connectivity index (χ4v) is 4.19. The molecule has 0 bridgehead atoms. The van der Waals surface area contributed by atoms with Crippen molar-refractivity contribution >= 4 is 38.3 Å². The van der Waals surface area contributed by atoms with Crippen LogP contribution >= 0.6 is 27.3 Å². The average molecular weight is 460 g/mol. The first-order valence-corrected chi connectivity index (χ1v) is 10.4. The summed E-state index contributed by atoms with van der Waals surface area (Å²) in [6.07, 6.45) is 4.08. The average Bonchev–Trinajstić information content (AvgIpc) is 3.17. The maximum Gasteiger partial charge on any atom is 0.387 e. The van der Waals surface area contributed by atoms with E-state index in [1.54, 1.807) is 29.7 Å². The van der Waals surface area contributed by atoms with E-state index >= 15 is 0 Å². The van der Waals surface area contributed by atoms with Crippen LogP contribution in [0.3, 0.4) is 0 Å². The molecule has 27 heavy (non-hydrogen) atoms. The lowest BCUT2D eigenvalue weighted by molar-refractivity contribution is -0.121. The van der Waals surface area contributed by atoms with Gasteiger partial charge in [-0.15, -0.1) is 11.3 Å².